The van der Waals surface area contributed by atoms with Gasteiger partial charge in [0.25, 0.3) is 0 Å². The number of aryl methyl sites for hydroxylation is 1. The second-order valence-electron chi connectivity index (χ2n) is 5.99. The molecule has 0 saturated heterocycles. The van der Waals surface area contributed by atoms with Crippen molar-refractivity contribution in [3.8, 4) is 0 Å². The summed E-state index contributed by atoms with van der Waals surface area (Å²) in [6, 6.07) is 4.37. The largest absolute Gasteiger partial charge is 0.464 e. The fourth-order valence-electron chi connectivity index (χ4n) is 2.56. The fraction of sp³-hybridized carbons (Fsp3) is 0.706. The van der Waals surface area contributed by atoms with Gasteiger partial charge in [-0.25, -0.2) is 0 Å². The number of amides is 1. The summed E-state index contributed by atoms with van der Waals surface area (Å²) in [5.74, 6) is 2.04. The van der Waals surface area contributed by atoms with Gasteiger partial charge in [0.1, 0.15) is 11.5 Å². The van der Waals surface area contributed by atoms with E-state index in [1.54, 1.807) is 0 Å². The van der Waals surface area contributed by atoms with Crippen molar-refractivity contribution in [2.45, 2.75) is 59.0 Å². The van der Waals surface area contributed by atoms with Crippen LogP contribution in [0.5, 0.6) is 0 Å². The van der Waals surface area contributed by atoms with Crippen LogP contribution < -0.4 is 0 Å². The topological polar surface area (TPSA) is 36.7 Å². The van der Waals surface area contributed by atoms with Gasteiger partial charge < -0.3 is 9.32 Å². The first-order valence-electron chi connectivity index (χ1n) is 8.21. The van der Waals surface area contributed by atoms with Crippen LogP contribution >= 0.6 is 0 Å². The van der Waals surface area contributed by atoms with Crippen LogP contribution in [0.15, 0.2) is 16.5 Å². The third-order valence-corrected chi connectivity index (χ3v) is 4.06. The second-order valence-corrected chi connectivity index (χ2v) is 5.99. The van der Waals surface area contributed by atoms with E-state index in [0.29, 0.717) is 19.1 Å². The Hall–Kier alpha value is -1.29. The highest BCUT2D eigenvalue weighted by atomic mass is 16.3. The summed E-state index contributed by atoms with van der Waals surface area (Å²) < 4.78 is 5.63. The highest BCUT2D eigenvalue weighted by Crippen LogP contribution is 2.29. The van der Waals surface area contributed by atoms with Crippen LogP contribution in [0.25, 0.3) is 0 Å². The highest BCUT2D eigenvalue weighted by molar-refractivity contribution is 5.78. The minimum atomic E-state index is 0.240. The maximum atomic E-state index is 12.6. The first-order chi connectivity index (χ1) is 10.1. The molecular weight excluding hydrogens is 264 g/mol. The lowest BCUT2D eigenvalue weighted by molar-refractivity contribution is -0.133. The lowest BCUT2D eigenvalue weighted by atomic mass is 10.3. The number of hydrogen-bond donors (Lipinski definition) is 0. The molecule has 1 saturated carbocycles. The van der Waals surface area contributed by atoms with E-state index >= 15 is 0 Å². The van der Waals surface area contributed by atoms with Gasteiger partial charge in [-0.05, 0) is 51.4 Å². The van der Waals surface area contributed by atoms with Gasteiger partial charge in [-0.1, -0.05) is 20.3 Å². The predicted octanol–water partition coefficient (Wildman–Crippen LogP) is 3.20. The van der Waals surface area contributed by atoms with E-state index in [9.17, 15) is 4.79 Å². The zero-order valence-corrected chi connectivity index (χ0v) is 13.6. The molecule has 0 aromatic carbocycles. The number of furan rings is 1. The molecule has 0 unspecified atom stereocenters. The second kappa shape index (κ2) is 7.64. The van der Waals surface area contributed by atoms with Crippen molar-refractivity contribution in [2.75, 3.05) is 19.6 Å². The Morgan fingerprint density at radius 2 is 2.10 bits per heavy atom. The molecule has 0 radical (unpaired) electrons. The van der Waals surface area contributed by atoms with E-state index in [2.05, 4.69) is 18.7 Å². The molecule has 0 atom stereocenters. The first-order valence-corrected chi connectivity index (χ1v) is 8.21. The minimum Gasteiger partial charge on any atom is -0.464 e. The van der Waals surface area contributed by atoms with Gasteiger partial charge in [0.05, 0.1) is 13.1 Å². The Morgan fingerprint density at radius 3 is 2.62 bits per heavy atom. The van der Waals surface area contributed by atoms with Crippen molar-refractivity contribution in [1.82, 2.24) is 9.80 Å². The molecule has 1 fully saturated rings. The van der Waals surface area contributed by atoms with Gasteiger partial charge in [0, 0.05) is 6.04 Å². The van der Waals surface area contributed by atoms with Crippen LogP contribution in [0, 0.1) is 6.92 Å². The normalized spacial score (nSPS) is 14.7. The number of unbranched alkanes of at least 4 members (excludes halogenated alkanes) is 1. The van der Waals surface area contributed by atoms with Crippen molar-refractivity contribution in [1.29, 1.82) is 0 Å². The molecule has 0 spiro atoms. The van der Waals surface area contributed by atoms with Crippen molar-refractivity contribution in [2.24, 2.45) is 0 Å². The van der Waals surface area contributed by atoms with Gasteiger partial charge >= 0.3 is 0 Å². The predicted molar refractivity (Wildman–Crippen MR) is 84.0 cm³/mol. The quantitative estimate of drug-likeness (QED) is 0.701. The lowest BCUT2D eigenvalue weighted by Gasteiger charge is -2.26. The summed E-state index contributed by atoms with van der Waals surface area (Å²) in [6.07, 6.45) is 4.59. The standard InChI is InChI=1S/C17H28N2O2/c1-4-6-11-18(5-2)13-17(20)19(15-8-9-15)12-16-10-7-14(3)21-16/h7,10,15H,4-6,8-9,11-13H2,1-3H3. The molecule has 0 N–H and O–H groups in total. The molecule has 0 aliphatic heterocycles. The van der Waals surface area contributed by atoms with Crippen molar-refractivity contribution in [3.63, 3.8) is 0 Å². The van der Waals surface area contributed by atoms with Crippen LogP contribution in [0.2, 0.25) is 0 Å². The monoisotopic (exact) mass is 292 g/mol. The van der Waals surface area contributed by atoms with Crippen LogP contribution in [0.3, 0.4) is 0 Å². The summed E-state index contributed by atoms with van der Waals surface area (Å²) in [4.78, 5) is 16.9. The number of rotatable bonds is 9. The van der Waals surface area contributed by atoms with Crippen molar-refractivity contribution >= 4 is 5.91 Å². The van der Waals surface area contributed by atoms with E-state index in [0.717, 1.165) is 43.9 Å². The van der Waals surface area contributed by atoms with Gasteiger partial charge in [-0.15, -0.1) is 0 Å². The third kappa shape index (κ3) is 4.88. The average molecular weight is 292 g/mol. The zero-order chi connectivity index (χ0) is 15.2. The molecule has 1 aromatic rings. The molecule has 118 valence electrons. The fourth-order valence-corrected chi connectivity index (χ4v) is 2.56. The third-order valence-electron chi connectivity index (χ3n) is 4.06. The molecular formula is C17H28N2O2. The minimum absolute atomic E-state index is 0.240. The highest BCUT2D eigenvalue weighted by Gasteiger charge is 2.33. The van der Waals surface area contributed by atoms with E-state index in [-0.39, 0.29) is 5.91 Å². The number of hydrogen-bond acceptors (Lipinski definition) is 3. The van der Waals surface area contributed by atoms with E-state index < -0.39 is 0 Å². The summed E-state index contributed by atoms with van der Waals surface area (Å²) in [6.45, 7) is 9.35. The number of likely N-dealkylation sites (N-methyl/N-ethyl adjacent to an activating group) is 1. The van der Waals surface area contributed by atoms with Gasteiger partial charge in [-0.2, -0.15) is 0 Å². The SMILES string of the molecule is CCCCN(CC)CC(=O)N(Cc1ccc(C)o1)C1CC1. The smallest absolute Gasteiger partial charge is 0.237 e. The summed E-state index contributed by atoms with van der Waals surface area (Å²) >= 11 is 0. The first kappa shape index (κ1) is 16.1. The number of carbonyl (C=O) groups excluding carboxylic acids is 1. The molecule has 21 heavy (non-hydrogen) atoms. The van der Waals surface area contributed by atoms with Gasteiger partial charge in [0.15, 0.2) is 0 Å². The molecule has 4 nitrogen and oxygen atoms in total. The Kier molecular flexibility index (Phi) is 5.85. The van der Waals surface area contributed by atoms with Crippen LogP contribution in [0.4, 0.5) is 0 Å². The van der Waals surface area contributed by atoms with Crippen molar-refractivity contribution in [3.05, 3.63) is 23.7 Å². The Bertz CT molecular complexity index is 451. The van der Waals surface area contributed by atoms with E-state index in [4.69, 9.17) is 4.42 Å². The van der Waals surface area contributed by atoms with Gasteiger partial charge in [0.2, 0.25) is 5.91 Å². The molecule has 1 aromatic heterocycles. The lowest BCUT2D eigenvalue weighted by Crippen LogP contribution is -2.41. The Labute approximate surface area is 128 Å². The van der Waals surface area contributed by atoms with E-state index in [1.807, 2.05) is 24.0 Å². The van der Waals surface area contributed by atoms with Crippen LogP contribution in [-0.2, 0) is 11.3 Å². The molecule has 1 aliphatic carbocycles. The molecule has 2 rings (SSSR count). The van der Waals surface area contributed by atoms with Crippen molar-refractivity contribution < 1.29 is 9.21 Å². The average Bonchev–Trinajstić information content (AvgIpc) is 3.23. The van der Waals surface area contributed by atoms with Crippen LogP contribution in [0.1, 0.15) is 51.1 Å². The maximum Gasteiger partial charge on any atom is 0.237 e. The molecule has 1 amide bonds. The maximum absolute atomic E-state index is 12.6. The molecule has 0 bridgehead atoms. The Morgan fingerprint density at radius 1 is 1.33 bits per heavy atom. The number of carbonyl (C=O) groups is 1. The van der Waals surface area contributed by atoms with Crippen LogP contribution in [-0.4, -0.2) is 41.4 Å². The summed E-state index contributed by atoms with van der Waals surface area (Å²) in [7, 11) is 0. The summed E-state index contributed by atoms with van der Waals surface area (Å²) in [5, 5.41) is 0. The van der Waals surface area contributed by atoms with E-state index in [1.165, 1.54) is 6.42 Å². The zero-order valence-electron chi connectivity index (χ0n) is 13.6. The molecule has 1 heterocycles. The summed E-state index contributed by atoms with van der Waals surface area (Å²) in [5.41, 5.74) is 0. The molecule has 4 heteroatoms. The molecule has 1 aliphatic rings. The Balaban J connectivity index is 1.92. The van der Waals surface area contributed by atoms with Gasteiger partial charge in [-0.3, -0.25) is 9.69 Å². The number of nitrogens with zero attached hydrogens (tertiary/aromatic N) is 2.